The molecular formula is C18H21FN2O. The maximum absolute atomic E-state index is 13.5. The molecule has 0 aliphatic heterocycles. The van der Waals surface area contributed by atoms with Crippen molar-refractivity contribution in [2.45, 2.75) is 19.9 Å². The van der Waals surface area contributed by atoms with Crippen molar-refractivity contribution in [1.29, 1.82) is 0 Å². The summed E-state index contributed by atoms with van der Waals surface area (Å²) < 4.78 is 13.5. The first-order valence-electron chi connectivity index (χ1n) is 7.50. The molecule has 0 fully saturated rings. The lowest BCUT2D eigenvalue weighted by Gasteiger charge is -2.21. The number of halogens is 1. The Morgan fingerprint density at radius 1 is 1.09 bits per heavy atom. The Balaban J connectivity index is 1.83. The van der Waals surface area contributed by atoms with E-state index in [1.165, 1.54) is 6.07 Å². The van der Waals surface area contributed by atoms with Crippen molar-refractivity contribution in [3.63, 3.8) is 0 Å². The van der Waals surface area contributed by atoms with Crippen molar-refractivity contribution >= 4 is 6.03 Å². The zero-order valence-electron chi connectivity index (χ0n) is 12.8. The molecule has 0 atom stereocenters. The summed E-state index contributed by atoms with van der Waals surface area (Å²) in [4.78, 5) is 13.9. The molecule has 3 nitrogen and oxygen atoms in total. The van der Waals surface area contributed by atoms with Gasteiger partial charge in [-0.05, 0) is 30.5 Å². The predicted molar refractivity (Wildman–Crippen MR) is 86.0 cm³/mol. The van der Waals surface area contributed by atoms with Gasteiger partial charge >= 0.3 is 6.03 Å². The molecule has 0 bridgehead atoms. The van der Waals surface area contributed by atoms with Crippen LogP contribution in [0.3, 0.4) is 0 Å². The fourth-order valence-electron chi connectivity index (χ4n) is 2.25. The zero-order valence-corrected chi connectivity index (χ0v) is 12.8. The summed E-state index contributed by atoms with van der Waals surface area (Å²) in [5, 5.41) is 2.85. The number of nitrogens with one attached hydrogen (secondary N) is 1. The molecule has 2 aromatic rings. The molecule has 0 saturated carbocycles. The van der Waals surface area contributed by atoms with Gasteiger partial charge in [0.25, 0.3) is 0 Å². The van der Waals surface area contributed by atoms with Gasteiger partial charge in [-0.1, -0.05) is 48.5 Å². The van der Waals surface area contributed by atoms with Crippen molar-refractivity contribution in [3.8, 4) is 0 Å². The molecule has 1 N–H and O–H groups in total. The Bertz CT molecular complexity index is 601. The van der Waals surface area contributed by atoms with Crippen molar-refractivity contribution in [3.05, 3.63) is 71.5 Å². The van der Waals surface area contributed by atoms with Crippen LogP contribution in [0.15, 0.2) is 54.6 Å². The van der Waals surface area contributed by atoms with Crippen LogP contribution >= 0.6 is 0 Å². The van der Waals surface area contributed by atoms with E-state index in [1.54, 1.807) is 23.1 Å². The van der Waals surface area contributed by atoms with Gasteiger partial charge in [-0.25, -0.2) is 9.18 Å². The lowest BCUT2D eigenvalue weighted by atomic mass is 10.1. The van der Waals surface area contributed by atoms with Crippen LogP contribution in [0.1, 0.15) is 18.1 Å². The summed E-state index contributed by atoms with van der Waals surface area (Å²) in [7, 11) is 0. The van der Waals surface area contributed by atoms with Crippen LogP contribution in [-0.4, -0.2) is 24.0 Å². The molecule has 2 amide bonds. The summed E-state index contributed by atoms with van der Waals surface area (Å²) in [5.74, 6) is -0.228. The molecule has 0 spiro atoms. The average Bonchev–Trinajstić information content (AvgIpc) is 2.55. The molecule has 0 heterocycles. The third kappa shape index (κ3) is 4.58. The minimum Gasteiger partial charge on any atom is -0.338 e. The van der Waals surface area contributed by atoms with E-state index >= 15 is 0 Å². The van der Waals surface area contributed by atoms with E-state index in [0.717, 1.165) is 5.56 Å². The summed E-state index contributed by atoms with van der Waals surface area (Å²) in [5.41, 5.74) is 1.71. The minimum atomic E-state index is -0.228. The predicted octanol–water partition coefficient (Wildman–Crippen LogP) is 3.60. The molecule has 116 valence electrons. The highest BCUT2D eigenvalue weighted by atomic mass is 19.1. The van der Waals surface area contributed by atoms with E-state index < -0.39 is 0 Å². The van der Waals surface area contributed by atoms with Crippen LogP contribution in [0.4, 0.5) is 9.18 Å². The maximum Gasteiger partial charge on any atom is 0.317 e. The van der Waals surface area contributed by atoms with E-state index in [2.05, 4.69) is 5.32 Å². The number of carbonyl (C=O) groups is 1. The highest BCUT2D eigenvalue weighted by molar-refractivity contribution is 5.74. The van der Waals surface area contributed by atoms with Crippen molar-refractivity contribution in [2.24, 2.45) is 0 Å². The van der Waals surface area contributed by atoms with Crippen LogP contribution in [0.2, 0.25) is 0 Å². The second-order valence-electron chi connectivity index (χ2n) is 5.07. The van der Waals surface area contributed by atoms with Crippen LogP contribution in [0.5, 0.6) is 0 Å². The number of urea groups is 1. The van der Waals surface area contributed by atoms with Crippen molar-refractivity contribution < 1.29 is 9.18 Å². The third-order valence-electron chi connectivity index (χ3n) is 3.51. The van der Waals surface area contributed by atoms with Gasteiger partial charge in [0.05, 0.1) is 0 Å². The average molecular weight is 300 g/mol. The van der Waals surface area contributed by atoms with Gasteiger partial charge in [0.2, 0.25) is 0 Å². The summed E-state index contributed by atoms with van der Waals surface area (Å²) in [6.45, 7) is 3.56. The van der Waals surface area contributed by atoms with Gasteiger partial charge in [0, 0.05) is 19.6 Å². The second kappa shape index (κ2) is 8.17. The first-order chi connectivity index (χ1) is 10.7. The largest absolute Gasteiger partial charge is 0.338 e. The summed E-state index contributed by atoms with van der Waals surface area (Å²) in [6.07, 6.45) is 0.487. The number of amides is 2. The number of benzene rings is 2. The van der Waals surface area contributed by atoms with Crippen molar-refractivity contribution in [1.82, 2.24) is 10.2 Å². The van der Waals surface area contributed by atoms with E-state index in [4.69, 9.17) is 0 Å². The summed E-state index contributed by atoms with van der Waals surface area (Å²) >= 11 is 0. The van der Waals surface area contributed by atoms with Crippen LogP contribution < -0.4 is 5.32 Å². The molecule has 2 aromatic carbocycles. The number of rotatable bonds is 6. The van der Waals surface area contributed by atoms with Gasteiger partial charge < -0.3 is 10.2 Å². The van der Waals surface area contributed by atoms with Crippen LogP contribution in [0, 0.1) is 5.82 Å². The number of hydrogen-bond acceptors (Lipinski definition) is 1. The standard InChI is InChI=1S/C18H21FN2O/c1-2-21(14-15-8-4-3-5-9-15)18(22)20-13-12-16-10-6-7-11-17(16)19/h3-11H,2,12-14H2,1H3,(H,20,22). The van der Waals surface area contributed by atoms with Crippen LogP contribution in [0.25, 0.3) is 0 Å². The van der Waals surface area contributed by atoms with Gasteiger partial charge in [0.1, 0.15) is 5.82 Å². The number of carbonyl (C=O) groups excluding carboxylic acids is 1. The quantitative estimate of drug-likeness (QED) is 0.868. The van der Waals surface area contributed by atoms with Gasteiger partial charge in [-0.3, -0.25) is 0 Å². The molecule has 0 aromatic heterocycles. The third-order valence-corrected chi connectivity index (χ3v) is 3.51. The molecule has 4 heteroatoms. The molecule has 0 aliphatic rings. The highest BCUT2D eigenvalue weighted by Crippen LogP contribution is 2.07. The Kier molecular flexibility index (Phi) is 5.95. The zero-order chi connectivity index (χ0) is 15.8. The lowest BCUT2D eigenvalue weighted by molar-refractivity contribution is 0.198. The Hall–Kier alpha value is -2.36. The van der Waals surface area contributed by atoms with Crippen molar-refractivity contribution in [2.75, 3.05) is 13.1 Å². The first kappa shape index (κ1) is 16.0. The van der Waals surface area contributed by atoms with E-state index in [9.17, 15) is 9.18 Å². The van der Waals surface area contributed by atoms with Gasteiger partial charge in [-0.2, -0.15) is 0 Å². The highest BCUT2D eigenvalue weighted by Gasteiger charge is 2.11. The fraction of sp³-hybridized carbons (Fsp3) is 0.278. The fourth-order valence-corrected chi connectivity index (χ4v) is 2.25. The Labute approximate surface area is 130 Å². The normalized spacial score (nSPS) is 10.3. The Morgan fingerprint density at radius 3 is 2.45 bits per heavy atom. The molecule has 2 rings (SSSR count). The number of hydrogen-bond donors (Lipinski definition) is 1. The van der Waals surface area contributed by atoms with Crippen LogP contribution in [-0.2, 0) is 13.0 Å². The number of nitrogens with zero attached hydrogens (tertiary/aromatic N) is 1. The minimum absolute atomic E-state index is 0.123. The smallest absolute Gasteiger partial charge is 0.317 e. The molecule has 0 unspecified atom stereocenters. The van der Waals surface area contributed by atoms with E-state index in [0.29, 0.717) is 31.6 Å². The second-order valence-corrected chi connectivity index (χ2v) is 5.07. The monoisotopic (exact) mass is 300 g/mol. The molecular weight excluding hydrogens is 279 g/mol. The SMILES string of the molecule is CCN(Cc1ccccc1)C(=O)NCCc1ccccc1F. The lowest BCUT2D eigenvalue weighted by Crippen LogP contribution is -2.40. The van der Waals surface area contributed by atoms with Gasteiger partial charge in [0.15, 0.2) is 0 Å². The topological polar surface area (TPSA) is 32.3 Å². The molecule has 0 radical (unpaired) electrons. The molecule has 22 heavy (non-hydrogen) atoms. The first-order valence-corrected chi connectivity index (χ1v) is 7.50. The molecule has 0 aliphatic carbocycles. The van der Waals surface area contributed by atoms with E-state index in [-0.39, 0.29) is 11.8 Å². The summed E-state index contributed by atoms with van der Waals surface area (Å²) in [6, 6.07) is 16.4. The Morgan fingerprint density at radius 2 is 1.77 bits per heavy atom. The van der Waals surface area contributed by atoms with Gasteiger partial charge in [-0.15, -0.1) is 0 Å². The maximum atomic E-state index is 13.5. The molecule has 0 saturated heterocycles. The van der Waals surface area contributed by atoms with E-state index in [1.807, 2.05) is 37.3 Å².